The summed E-state index contributed by atoms with van der Waals surface area (Å²) in [7, 11) is 0. The molecule has 1 heterocycles. The minimum Gasteiger partial charge on any atom is -0.481 e. The van der Waals surface area contributed by atoms with Crippen molar-refractivity contribution in [3.8, 4) is 0 Å². The van der Waals surface area contributed by atoms with Gasteiger partial charge in [0.15, 0.2) is 0 Å². The zero-order valence-electron chi connectivity index (χ0n) is 7.99. The molecule has 0 aromatic carbocycles. The molecule has 1 fully saturated rings. The summed E-state index contributed by atoms with van der Waals surface area (Å²) in [6.45, 7) is 1.96. The van der Waals surface area contributed by atoms with Crippen LogP contribution in [0.3, 0.4) is 0 Å². The SMILES string of the molecule is Cc1ccsc1C1(C(=O)O)CC(N)C1. The normalized spacial score (nSPS) is 31.1. The van der Waals surface area contributed by atoms with E-state index in [1.54, 1.807) is 0 Å². The number of aryl methyl sites for hydroxylation is 1. The highest BCUT2D eigenvalue weighted by Gasteiger charge is 2.51. The van der Waals surface area contributed by atoms with Gasteiger partial charge in [-0.05, 0) is 36.8 Å². The second kappa shape index (κ2) is 3.07. The van der Waals surface area contributed by atoms with Gasteiger partial charge in [-0.25, -0.2) is 0 Å². The van der Waals surface area contributed by atoms with Crippen molar-refractivity contribution in [2.75, 3.05) is 0 Å². The van der Waals surface area contributed by atoms with Crippen molar-refractivity contribution in [2.24, 2.45) is 5.73 Å². The van der Waals surface area contributed by atoms with E-state index in [-0.39, 0.29) is 6.04 Å². The van der Waals surface area contributed by atoms with Gasteiger partial charge in [-0.1, -0.05) is 0 Å². The van der Waals surface area contributed by atoms with E-state index < -0.39 is 11.4 Å². The molecule has 1 aliphatic carbocycles. The average molecular weight is 211 g/mol. The zero-order valence-corrected chi connectivity index (χ0v) is 8.80. The lowest BCUT2D eigenvalue weighted by molar-refractivity contribution is -0.148. The fourth-order valence-electron chi connectivity index (χ4n) is 2.16. The van der Waals surface area contributed by atoms with Gasteiger partial charge in [-0.2, -0.15) is 0 Å². The van der Waals surface area contributed by atoms with Crippen molar-refractivity contribution >= 4 is 17.3 Å². The molecule has 4 heteroatoms. The lowest BCUT2D eigenvalue weighted by Crippen LogP contribution is -2.54. The molecule has 1 aromatic rings. The number of hydrogen-bond acceptors (Lipinski definition) is 3. The van der Waals surface area contributed by atoms with Crippen LogP contribution in [-0.2, 0) is 10.2 Å². The van der Waals surface area contributed by atoms with Crippen molar-refractivity contribution in [2.45, 2.75) is 31.2 Å². The summed E-state index contributed by atoms with van der Waals surface area (Å²) in [5, 5.41) is 11.2. The van der Waals surface area contributed by atoms with Crippen molar-refractivity contribution in [3.05, 3.63) is 21.9 Å². The van der Waals surface area contributed by atoms with Crippen LogP contribution in [0.5, 0.6) is 0 Å². The molecule has 1 aliphatic rings. The Bertz CT molecular complexity index is 366. The number of nitrogens with two attached hydrogens (primary N) is 1. The van der Waals surface area contributed by atoms with Gasteiger partial charge in [0.1, 0.15) is 5.41 Å². The Morgan fingerprint density at radius 1 is 1.71 bits per heavy atom. The minimum atomic E-state index is -0.732. The van der Waals surface area contributed by atoms with Crippen LogP contribution in [0.15, 0.2) is 11.4 Å². The molecule has 76 valence electrons. The Morgan fingerprint density at radius 3 is 2.71 bits per heavy atom. The molecule has 1 saturated carbocycles. The van der Waals surface area contributed by atoms with Gasteiger partial charge in [0, 0.05) is 10.9 Å². The zero-order chi connectivity index (χ0) is 10.3. The molecule has 0 spiro atoms. The molecule has 3 N–H and O–H groups in total. The molecule has 0 unspecified atom stereocenters. The fourth-order valence-corrected chi connectivity index (χ4v) is 3.30. The molecule has 0 atom stereocenters. The number of carboxylic acid groups (broad SMARTS) is 1. The Kier molecular flexibility index (Phi) is 2.12. The number of thiophene rings is 1. The van der Waals surface area contributed by atoms with E-state index in [0.717, 1.165) is 10.4 Å². The van der Waals surface area contributed by atoms with Crippen LogP contribution in [0.25, 0.3) is 0 Å². The van der Waals surface area contributed by atoms with Crippen molar-refractivity contribution in [3.63, 3.8) is 0 Å². The van der Waals surface area contributed by atoms with Crippen LogP contribution < -0.4 is 5.73 Å². The molecule has 0 amide bonds. The first-order valence-corrected chi connectivity index (χ1v) is 5.48. The van der Waals surface area contributed by atoms with E-state index in [9.17, 15) is 9.90 Å². The molecular weight excluding hydrogens is 198 g/mol. The first-order chi connectivity index (χ1) is 6.56. The molecule has 2 rings (SSSR count). The summed E-state index contributed by atoms with van der Waals surface area (Å²) in [6, 6.07) is 2.02. The summed E-state index contributed by atoms with van der Waals surface area (Å²) in [5.41, 5.74) is 6.08. The van der Waals surface area contributed by atoms with Crippen molar-refractivity contribution in [1.29, 1.82) is 0 Å². The largest absolute Gasteiger partial charge is 0.481 e. The maximum atomic E-state index is 11.3. The van der Waals surface area contributed by atoms with Crippen molar-refractivity contribution < 1.29 is 9.90 Å². The van der Waals surface area contributed by atoms with Gasteiger partial charge >= 0.3 is 5.97 Å². The Hall–Kier alpha value is -0.870. The third-order valence-electron chi connectivity index (χ3n) is 2.93. The van der Waals surface area contributed by atoms with E-state index in [4.69, 9.17) is 5.73 Å². The smallest absolute Gasteiger partial charge is 0.315 e. The highest BCUT2D eigenvalue weighted by atomic mass is 32.1. The summed E-state index contributed by atoms with van der Waals surface area (Å²) in [5.74, 6) is -0.732. The lowest BCUT2D eigenvalue weighted by Gasteiger charge is -2.42. The Labute approximate surface area is 86.6 Å². The van der Waals surface area contributed by atoms with E-state index in [1.807, 2.05) is 18.4 Å². The van der Waals surface area contributed by atoms with Crippen LogP contribution in [0.4, 0.5) is 0 Å². The van der Waals surface area contributed by atoms with Gasteiger partial charge in [0.05, 0.1) is 0 Å². The highest BCUT2D eigenvalue weighted by Crippen LogP contribution is 2.46. The second-order valence-electron chi connectivity index (χ2n) is 3.99. The standard InChI is InChI=1S/C10H13NO2S/c1-6-2-3-14-8(6)10(9(12)13)4-7(11)5-10/h2-3,7H,4-5,11H2,1H3,(H,12,13). The van der Waals surface area contributed by atoms with E-state index in [2.05, 4.69) is 0 Å². The minimum absolute atomic E-state index is 0.0487. The topological polar surface area (TPSA) is 63.3 Å². The maximum absolute atomic E-state index is 11.3. The quantitative estimate of drug-likeness (QED) is 0.779. The Morgan fingerprint density at radius 2 is 2.36 bits per heavy atom. The van der Waals surface area contributed by atoms with E-state index in [1.165, 1.54) is 11.3 Å². The number of carboxylic acids is 1. The average Bonchev–Trinajstić information content (AvgIpc) is 2.45. The number of carbonyl (C=O) groups is 1. The summed E-state index contributed by atoms with van der Waals surface area (Å²) < 4.78 is 0. The van der Waals surface area contributed by atoms with Gasteiger partial charge in [0.25, 0.3) is 0 Å². The van der Waals surface area contributed by atoms with E-state index in [0.29, 0.717) is 12.8 Å². The van der Waals surface area contributed by atoms with Gasteiger partial charge in [-0.15, -0.1) is 11.3 Å². The first-order valence-electron chi connectivity index (χ1n) is 4.60. The number of hydrogen-bond donors (Lipinski definition) is 2. The summed E-state index contributed by atoms with van der Waals surface area (Å²) >= 11 is 1.53. The molecule has 3 nitrogen and oxygen atoms in total. The molecule has 14 heavy (non-hydrogen) atoms. The summed E-state index contributed by atoms with van der Waals surface area (Å²) in [4.78, 5) is 12.2. The first kappa shape index (κ1) is 9.68. The fraction of sp³-hybridized carbons (Fsp3) is 0.500. The van der Waals surface area contributed by atoms with Crippen LogP contribution in [0.2, 0.25) is 0 Å². The molecule has 0 bridgehead atoms. The van der Waals surface area contributed by atoms with Gasteiger partial charge < -0.3 is 10.8 Å². The monoisotopic (exact) mass is 211 g/mol. The second-order valence-corrected chi connectivity index (χ2v) is 4.90. The third-order valence-corrected chi connectivity index (χ3v) is 4.15. The molecule has 0 saturated heterocycles. The van der Waals surface area contributed by atoms with Gasteiger partial charge in [-0.3, -0.25) is 4.79 Å². The van der Waals surface area contributed by atoms with Gasteiger partial charge in [0.2, 0.25) is 0 Å². The van der Waals surface area contributed by atoms with Crippen LogP contribution in [0, 0.1) is 6.92 Å². The third kappa shape index (κ3) is 1.18. The van der Waals surface area contributed by atoms with E-state index >= 15 is 0 Å². The molecule has 0 radical (unpaired) electrons. The summed E-state index contributed by atoms with van der Waals surface area (Å²) in [6.07, 6.45) is 1.15. The maximum Gasteiger partial charge on any atom is 0.315 e. The van der Waals surface area contributed by atoms with Crippen LogP contribution in [-0.4, -0.2) is 17.1 Å². The van der Waals surface area contributed by atoms with Crippen LogP contribution >= 0.6 is 11.3 Å². The predicted octanol–water partition coefficient (Wildman–Crippen LogP) is 1.50. The lowest BCUT2D eigenvalue weighted by atomic mass is 9.64. The number of rotatable bonds is 2. The molecular formula is C10H13NO2S. The Balaban J connectivity index is 2.39. The van der Waals surface area contributed by atoms with Crippen molar-refractivity contribution in [1.82, 2.24) is 0 Å². The molecule has 1 aromatic heterocycles. The highest BCUT2D eigenvalue weighted by molar-refractivity contribution is 7.10. The molecule has 0 aliphatic heterocycles. The van der Waals surface area contributed by atoms with Crippen LogP contribution in [0.1, 0.15) is 23.3 Å². The predicted molar refractivity (Wildman–Crippen MR) is 55.6 cm³/mol. The number of aliphatic carboxylic acids is 1.